The molecule has 0 spiro atoms. The van der Waals surface area contributed by atoms with Gasteiger partial charge in [0.25, 0.3) is 5.91 Å². The number of carbonyl (C=O) groups is 2. The van der Waals surface area contributed by atoms with Gasteiger partial charge in [0.1, 0.15) is 5.69 Å². The summed E-state index contributed by atoms with van der Waals surface area (Å²) in [6, 6.07) is 1.63. The van der Waals surface area contributed by atoms with Crippen LogP contribution in [0.3, 0.4) is 0 Å². The lowest BCUT2D eigenvalue weighted by Crippen LogP contribution is -2.37. The molecule has 0 aliphatic carbocycles. The predicted octanol–water partition coefficient (Wildman–Crippen LogP) is 1.75. The van der Waals surface area contributed by atoms with Crippen LogP contribution in [0.15, 0.2) is 12.3 Å². The second-order valence-electron chi connectivity index (χ2n) is 4.61. The molecule has 0 atom stereocenters. The zero-order chi connectivity index (χ0) is 13.8. The van der Waals surface area contributed by atoms with E-state index in [1.165, 1.54) is 0 Å². The van der Waals surface area contributed by atoms with Gasteiger partial charge in [-0.1, -0.05) is 18.5 Å². The fraction of sp³-hybridized carbons (Fsp3) is 0.538. The van der Waals surface area contributed by atoms with Crippen molar-refractivity contribution in [3.8, 4) is 0 Å². The lowest BCUT2D eigenvalue weighted by atomic mass is 10.3. The number of amides is 2. The number of halogens is 1. The maximum Gasteiger partial charge on any atom is 0.270 e. The highest BCUT2D eigenvalue weighted by molar-refractivity contribution is 6.30. The van der Waals surface area contributed by atoms with Crippen molar-refractivity contribution < 1.29 is 9.59 Å². The monoisotopic (exact) mass is 283 g/mol. The number of aromatic nitrogens is 1. The molecule has 1 aromatic heterocycles. The van der Waals surface area contributed by atoms with Crippen LogP contribution >= 0.6 is 11.6 Å². The van der Waals surface area contributed by atoms with E-state index in [0.29, 0.717) is 36.8 Å². The summed E-state index contributed by atoms with van der Waals surface area (Å²) >= 11 is 5.80. The summed E-state index contributed by atoms with van der Waals surface area (Å²) in [6.45, 7) is 4.43. The standard InChI is InChI=1S/C13H18ClN3O2/c1-2-12(18)16-4-3-5-17(7-6-16)13(19)11-8-10(14)9-15-11/h8-9,15H,2-7H2,1H3. The summed E-state index contributed by atoms with van der Waals surface area (Å²) < 4.78 is 0. The van der Waals surface area contributed by atoms with Gasteiger partial charge in [0.15, 0.2) is 0 Å². The minimum Gasteiger partial charge on any atom is -0.356 e. The first-order valence-corrected chi connectivity index (χ1v) is 6.90. The summed E-state index contributed by atoms with van der Waals surface area (Å²) in [5, 5.41) is 0.529. The minimum absolute atomic E-state index is 0.0577. The van der Waals surface area contributed by atoms with Crippen LogP contribution in [0.5, 0.6) is 0 Å². The molecule has 1 N–H and O–H groups in total. The molecule has 1 saturated heterocycles. The lowest BCUT2D eigenvalue weighted by molar-refractivity contribution is -0.130. The van der Waals surface area contributed by atoms with Crippen molar-refractivity contribution in [2.24, 2.45) is 0 Å². The van der Waals surface area contributed by atoms with E-state index in [1.54, 1.807) is 17.2 Å². The molecular formula is C13H18ClN3O2. The van der Waals surface area contributed by atoms with Gasteiger partial charge in [-0.25, -0.2) is 0 Å². The van der Waals surface area contributed by atoms with Crippen LogP contribution in [-0.2, 0) is 4.79 Å². The van der Waals surface area contributed by atoms with Crippen molar-refractivity contribution in [2.45, 2.75) is 19.8 Å². The summed E-state index contributed by atoms with van der Waals surface area (Å²) in [5.41, 5.74) is 0.500. The van der Waals surface area contributed by atoms with E-state index in [4.69, 9.17) is 11.6 Å². The molecule has 19 heavy (non-hydrogen) atoms. The van der Waals surface area contributed by atoms with Gasteiger partial charge in [0.05, 0.1) is 5.02 Å². The van der Waals surface area contributed by atoms with E-state index >= 15 is 0 Å². The third-order valence-electron chi connectivity index (χ3n) is 3.32. The molecule has 0 saturated carbocycles. The molecule has 1 aromatic rings. The number of rotatable bonds is 2. The Labute approximate surface area is 117 Å². The second-order valence-corrected chi connectivity index (χ2v) is 5.05. The number of carbonyl (C=O) groups excluding carboxylic acids is 2. The number of hydrogen-bond donors (Lipinski definition) is 1. The molecule has 2 heterocycles. The van der Waals surface area contributed by atoms with Crippen LogP contribution in [-0.4, -0.2) is 52.8 Å². The maximum atomic E-state index is 12.2. The summed E-state index contributed by atoms with van der Waals surface area (Å²) in [6.07, 6.45) is 2.92. The first-order valence-electron chi connectivity index (χ1n) is 6.52. The molecule has 5 nitrogen and oxygen atoms in total. The highest BCUT2D eigenvalue weighted by atomic mass is 35.5. The Kier molecular flexibility index (Phi) is 4.47. The summed E-state index contributed by atoms with van der Waals surface area (Å²) in [4.78, 5) is 30.4. The maximum absolute atomic E-state index is 12.2. The van der Waals surface area contributed by atoms with Gasteiger partial charge in [-0.15, -0.1) is 0 Å². The molecule has 1 aliphatic rings. The van der Waals surface area contributed by atoms with Crippen molar-refractivity contribution in [1.82, 2.24) is 14.8 Å². The van der Waals surface area contributed by atoms with Crippen molar-refractivity contribution >= 4 is 23.4 Å². The molecule has 2 rings (SSSR count). The van der Waals surface area contributed by atoms with Crippen LogP contribution in [0.4, 0.5) is 0 Å². The molecule has 2 amide bonds. The van der Waals surface area contributed by atoms with Crippen molar-refractivity contribution in [3.05, 3.63) is 23.0 Å². The van der Waals surface area contributed by atoms with Gasteiger partial charge in [-0.3, -0.25) is 9.59 Å². The molecule has 104 valence electrons. The molecule has 1 fully saturated rings. The Morgan fingerprint density at radius 1 is 1.26 bits per heavy atom. The number of hydrogen-bond acceptors (Lipinski definition) is 2. The van der Waals surface area contributed by atoms with E-state index in [1.807, 2.05) is 11.8 Å². The Morgan fingerprint density at radius 3 is 2.58 bits per heavy atom. The zero-order valence-electron chi connectivity index (χ0n) is 11.0. The number of nitrogens with one attached hydrogen (secondary N) is 1. The van der Waals surface area contributed by atoms with Gasteiger partial charge in [0, 0.05) is 38.8 Å². The van der Waals surface area contributed by atoms with E-state index in [-0.39, 0.29) is 11.8 Å². The number of H-pyrrole nitrogens is 1. The van der Waals surface area contributed by atoms with Crippen LogP contribution < -0.4 is 0 Å². The van der Waals surface area contributed by atoms with E-state index < -0.39 is 0 Å². The molecular weight excluding hydrogens is 266 g/mol. The SMILES string of the molecule is CCC(=O)N1CCCN(C(=O)c2cc(Cl)c[nH]2)CC1. The number of aromatic amines is 1. The van der Waals surface area contributed by atoms with Crippen molar-refractivity contribution in [1.29, 1.82) is 0 Å². The first kappa shape index (κ1) is 13.9. The Morgan fingerprint density at radius 2 is 1.95 bits per heavy atom. The molecule has 6 heteroatoms. The third-order valence-corrected chi connectivity index (χ3v) is 3.53. The van der Waals surface area contributed by atoms with E-state index in [0.717, 1.165) is 13.0 Å². The summed E-state index contributed by atoms with van der Waals surface area (Å²) in [7, 11) is 0. The van der Waals surface area contributed by atoms with Crippen LogP contribution in [0.2, 0.25) is 5.02 Å². The van der Waals surface area contributed by atoms with Crippen LogP contribution in [0.1, 0.15) is 30.3 Å². The molecule has 0 aromatic carbocycles. The normalized spacial score (nSPS) is 16.3. The Balaban J connectivity index is 1.99. The summed E-state index contributed by atoms with van der Waals surface area (Å²) in [5.74, 6) is 0.0925. The van der Waals surface area contributed by atoms with Crippen LogP contribution in [0.25, 0.3) is 0 Å². The largest absolute Gasteiger partial charge is 0.356 e. The van der Waals surface area contributed by atoms with Gasteiger partial charge < -0.3 is 14.8 Å². The smallest absolute Gasteiger partial charge is 0.270 e. The molecule has 0 radical (unpaired) electrons. The van der Waals surface area contributed by atoms with E-state index in [2.05, 4.69) is 4.98 Å². The highest BCUT2D eigenvalue weighted by Gasteiger charge is 2.22. The Bertz CT molecular complexity index is 472. The third kappa shape index (κ3) is 3.29. The fourth-order valence-electron chi connectivity index (χ4n) is 2.26. The highest BCUT2D eigenvalue weighted by Crippen LogP contribution is 2.13. The van der Waals surface area contributed by atoms with Crippen molar-refractivity contribution in [2.75, 3.05) is 26.2 Å². The Hall–Kier alpha value is -1.49. The first-order chi connectivity index (χ1) is 9.11. The van der Waals surface area contributed by atoms with Crippen molar-refractivity contribution in [3.63, 3.8) is 0 Å². The zero-order valence-corrected chi connectivity index (χ0v) is 11.7. The quantitative estimate of drug-likeness (QED) is 0.899. The van der Waals surface area contributed by atoms with Gasteiger partial charge in [-0.2, -0.15) is 0 Å². The molecule has 1 aliphatic heterocycles. The van der Waals surface area contributed by atoms with E-state index in [9.17, 15) is 9.59 Å². The second kappa shape index (κ2) is 6.10. The number of nitrogens with zero attached hydrogens (tertiary/aromatic N) is 2. The lowest BCUT2D eigenvalue weighted by Gasteiger charge is -2.21. The molecule has 0 bridgehead atoms. The van der Waals surface area contributed by atoms with Crippen LogP contribution in [0, 0.1) is 0 Å². The van der Waals surface area contributed by atoms with Gasteiger partial charge >= 0.3 is 0 Å². The average Bonchev–Trinajstić information content (AvgIpc) is 2.71. The minimum atomic E-state index is -0.0577. The van der Waals surface area contributed by atoms with Gasteiger partial charge in [0.2, 0.25) is 5.91 Å². The van der Waals surface area contributed by atoms with Gasteiger partial charge in [-0.05, 0) is 12.5 Å². The predicted molar refractivity (Wildman–Crippen MR) is 73.2 cm³/mol. The average molecular weight is 284 g/mol. The topological polar surface area (TPSA) is 56.4 Å². The fourth-order valence-corrected chi connectivity index (χ4v) is 2.42. The molecule has 0 unspecified atom stereocenters.